The van der Waals surface area contributed by atoms with Gasteiger partial charge in [-0.15, -0.1) is 0 Å². The molecule has 82 valence electrons. The molecule has 15 heavy (non-hydrogen) atoms. The number of carbonyl (C=O) groups excluding carboxylic acids is 1. The highest BCUT2D eigenvalue weighted by Crippen LogP contribution is 1.94. The molecule has 0 aromatic heterocycles. The molecule has 0 bridgehead atoms. The van der Waals surface area contributed by atoms with Gasteiger partial charge in [-0.3, -0.25) is 19.6 Å². The molecule has 0 rings (SSSR count). The van der Waals surface area contributed by atoms with E-state index in [4.69, 9.17) is 10.8 Å². The molecule has 0 atom stereocenters. The zero-order valence-corrected chi connectivity index (χ0v) is 8.23. The Morgan fingerprint density at radius 1 is 1.60 bits per heavy atom. The third kappa shape index (κ3) is 5.19. The van der Waals surface area contributed by atoms with E-state index >= 15 is 0 Å². The predicted octanol–water partition coefficient (Wildman–Crippen LogP) is -1.24. The summed E-state index contributed by atoms with van der Waals surface area (Å²) >= 11 is 0. The highest BCUT2D eigenvalue weighted by molar-refractivity contribution is 6.03. The van der Waals surface area contributed by atoms with Gasteiger partial charge in [-0.2, -0.15) is 0 Å². The number of aliphatic carboxylic acids is 1. The molecule has 0 aliphatic heterocycles. The van der Waals surface area contributed by atoms with Crippen LogP contribution in [0.25, 0.3) is 0 Å². The van der Waals surface area contributed by atoms with Crippen LogP contribution in [0.5, 0.6) is 0 Å². The van der Waals surface area contributed by atoms with Gasteiger partial charge in [-0.05, 0) is 6.72 Å². The molecule has 0 fully saturated rings. The molecule has 7 nitrogen and oxygen atoms in total. The first-order valence-electron chi connectivity index (χ1n) is 3.92. The maximum atomic E-state index is 11.2. The number of rotatable bonds is 5. The molecule has 0 saturated carbocycles. The van der Waals surface area contributed by atoms with Gasteiger partial charge in [0.25, 0.3) is 5.91 Å². The van der Waals surface area contributed by atoms with E-state index in [0.29, 0.717) is 0 Å². The average Bonchev–Trinajstić information content (AvgIpc) is 2.21. The number of nitrogens with zero attached hydrogens (tertiary/aromatic N) is 2. The summed E-state index contributed by atoms with van der Waals surface area (Å²) in [6.07, 6.45) is 1.20. The van der Waals surface area contributed by atoms with E-state index in [1.54, 1.807) is 0 Å². The molecule has 0 heterocycles. The minimum atomic E-state index is -1.15. The van der Waals surface area contributed by atoms with Crippen molar-refractivity contribution < 1.29 is 14.7 Å². The molecule has 0 radical (unpaired) electrons. The number of amidine groups is 1. The van der Waals surface area contributed by atoms with Crippen LogP contribution in [-0.2, 0) is 9.59 Å². The second kappa shape index (κ2) is 6.30. The van der Waals surface area contributed by atoms with Crippen LogP contribution in [0.1, 0.15) is 0 Å². The molecule has 0 unspecified atom stereocenters. The number of nitrogens with one attached hydrogen (secondary N) is 1. The van der Waals surface area contributed by atoms with Crippen LogP contribution in [0, 0.1) is 0 Å². The number of carboxylic acids is 1. The normalized spacial score (nSPS) is 12.1. The number of amides is 1. The summed E-state index contributed by atoms with van der Waals surface area (Å²) in [6.45, 7) is 2.67. The van der Waals surface area contributed by atoms with Gasteiger partial charge < -0.3 is 16.2 Å². The van der Waals surface area contributed by atoms with Crippen LogP contribution in [0.3, 0.4) is 0 Å². The van der Waals surface area contributed by atoms with Crippen molar-refractivity contribution in [3.05, 3.63) is 11.8 Å². The average molecular weight is 212 g/mol. The van der Waals surface area contributed by atoms with Crippen molar-refractivity contribution in [1.29, 1.82) is 0 Å². The number of carboxylic acid groups (broad SMARTS) is 1. The van der Waals surface area contributed by atoms with Gasteiger partial charge in [-0.1, -0.05) is 0 Å². The van der Waals surface area contributed by atoms with Gasteiger partial charge >= 0.3 is 5.97 Å². The van der Waals surface area contributed by atoms with Crippen molar-refractivity contribution in [1.82, 2.24) is 5.32 Å². The lowest BCUT2D eigenvalue weighted by Crippen LogP contribution is -2.30. The van der Waals surface area contributed by atoms with E-state index in [1.807, 2.05) is 0 Å². The lowest BCUT2D eigenvalue weighted by molar-refractivity contribution is -0.137. The molecule has 0 aliphatic carbocycles. The second-order valence-electron chi connectivity index (χ2n) is 2.41. The SMILES string of the molecule is C=N/C(=C\C(N)=NC)C(=O)NCC(=O)O. The van der Waals surface area contributed by atoms with Crippen molar-refractivity contribution in [3.63, 3.8) is 0 Å². The molecule has 4 N–H and O–H groups in total. The van der Waals surface area contributed by atoms with E-state index < -0.39 is 18.4 Å². The number of carbonyl (C=O) groups is 2. The standard InChI is InChI=1S/C8H12N4O3/c1-10-5(3-6(9)11-2)8(15)12-4-7(13)14/h3H,1,4H2,2H3,(H2,9,11)(H,12,15)(H,13,14)/b5-3-. The Morgan fingerprint density at radius 3 is 2.60 bits per heavy atom. The van der Waals surface area contributed by atoms with E-state index in [0.717, 1.165) is 0 Å². The smallest absolute Gasteiger partial charge is 0.322 e. The summed E-state index contributed by atoms with van der Waals surface area (Å²) < 4.78 is 0. The minimum absolute atomic E-state index is 0.0839. The van der Waals surface area contributed by atoms with Crippen LogP contribution in [-0.4, -0.2) is 43.1 Å². The third-order valence-corrected chi connectivity index (χ3v) is 1.35. The topological polar surface area (TPSA) is 117 Å². The monoisotopic (exact) mass is 212 g/mol. The number of nitrogens with two attached hydrogens (primary N) is 1. The highest BCUT2D eigenvalue weighted by atomic mass is 16.4. The van der Waals surface area contributed by atoms with Crippen molar-refractivity contribution in [2.75, 3.05) is 13.6 Å². The van der Waals surface area contributed by atoms with Crippen LogP contribution in [0.15, 0.2) is 21.8 Å². The number of hydrogen-bond acceptors (Lipinski definition) is 4. The van der Waals surface area contributed by atoms with Gasteiger partial charge in [0.2, 0.25) is 0 Å². The van der Waals surface area contributed by atoms with E-state index in [1.165, 1.54) is 13.1 Å². The molecule has 7 heteroatoms. The summed E-state index contributed by atoms with van der Waals surface area (Å²) in [6, 6.07) is 0. The summed E-state index contributed by atoms with van der Waals surface area (Å²) in [5.41, 5.74) is 5.25. The third-order valence-electron chi connectivity index (χ3n) is 1.35. The Labute approximate surface area is 86.4 Å². The van der Waals surface area contributed by atoms with Crippen molar-refractivity contribution in [3.8, 4) is 0 Å². The maximum Gasteiger partial charge on any atom is 0.322 e. The fourth-order valence-electron chi connectivity index (χ4n) is 0.634. The van der Waals surface area contributed by atoms with Crippen molar-refractivity contribution >= 4 is 24.4 Å². The summed E-state index contributed by atoms with van der Waals surface area (Å²) in [5, 5.41) is 10.4. The Kier molecular flexibility index (Phi) is 5.38. The lowest BCUT2D eigenvalue weighted by Gasteiger charge is -2.01. The second-order valence-corrected chi connectivity index (χ2v) is 2.41. The van der Waals surface area contributed by atoms with Crippen LogP contribution < -0.4 is 11.1 Å². The van der Waals surface area contributed by atoms with E-state index in [9.17, 15) is 9.59 Å². The highest BCUT2D eigenvalue weighted by Gasteiger charge is 2.08. The van der Waals surface area contributed by atoms with Crippen molar-refractivity contribution in [2.45, 2.75) is 0 Å². The quantitative estimate of drug-likeness (QED) is 0.300. The maximum absolute atomic E-state index is 11.2. The Balaban J connectivity index is 4.55. The molecular formula is C8H12N4O3. The van der Waals surface area contributed by atoms with Crippen LogP contribution in [0.2, 0.25) is 0 Å². The Hall–Kier alpha value is -2.18. The van der Waals surface area contributed by atoms with Gasteiger partial charge in [-0.25, -0.2) is 0 Å². The van der Waals surface area contributed by atoms with E-state index in [-0.39, 0.29) is 11.5 Å². The van der Waals surface area contributed by atoms with Gasteiger partial charge in [0.15, 0.2) is 0 Å². The molecule has 0 aromatic carbocycles. The van der Waals surface area contributed by atoms with Crippen LogP contribution in [0.4, 0.5) is 0 Å². The van der Waals surface area contributed by atoms with Crippen LogP contribution >= 0.6 is 0 Å². The lowest BCUT2D eigenvalue weighted by atomic mass is 10.3. The zero-order chi connectivity index (χ0) is 11.8. The van der Waals surface area contributed by atoms with Gasteiger partial charge in [0.05, 0.1) is 0 Å². The number of hydrogen-bond donors (Lipinski definition) is 3. The minimum Gasteiger partial charge on any atom is -0.480 e. The summed E-state index contributed by atoms with van der Waals surface area (Å²) in [5.74, 6) is -1.72. The first-order valence-corrected chi connectivity index (χ1v) is 3.92. The Bertz CT molecular complexity index is 333. The van der Waals surface area contributed by atoms with Gasteiger partial charge in [0.1, 0.15) is 18.1 Å². The zero-order valence-electron chi connectivity index (χ0n) is 8.23. The molecular weight excluding hydrogens is 200 g/mol. The Morgan fingerprint density at radius 2 is 2.20 bits per heavy atom. The van der Waals surface area contributed by atoms with Gasteiger partial charge in [0, 0.05) is 13.1 Å². The van der Waals surface area contributed by atoms with E-state index in [2.05, 4.69) is 22.0 Å². The number of aliphatic imine (C=N–C) groups is 2. The molecule has 0 saturated heterocycles. The fourth-order valence-corrected chi connectivity index (χ4v) is 0.634. The first-order chi connectivity index (χ1) is 7.01. The molecule has 0 aliphatic rings. The predicted molar refractivity (Wildman–Crippen MR) is 55.8 cm³/mol. The van der Waals surface area contributed by atoms with Crippen molar-refractivity contribution in [2.24, 2.45) is 15.7 Å². The first kappa shape index (κ1) is 12.8. The molecule has 0 aromatic rings. The largest absolute Gasteiger partial charge is 0.480 e. The fraction of sp³-hybridized carbons (Fsp3) is 0.250. The summed E-state index contributed by atoms with van der Waals surface area (Å²) in [7, 11) is 1.45. The molecule has 1 amide bonds. The molecule has 0 spiro atoms. The summed E-state index contributed by atoms with van der Waals surface area (Å²) in [4.78, 5) is 28.4.